The molecule has 0 spiro atoms. The number of carbonyl (C=O) groups is 1. The van der Waals surface area contributed by atoms with Gasteiger partial charge in [-0.25, -0.2) is 0 Å². The van der Waals surface area contributed by atoms with E-state index in [9.17, 15) is 4.79 Å². The molecular weight excluding hydrogens is 212 g/mol. The fourth-order valence-corrected chi connectivity index (χ4v) is 1.41. The van der Waals surface area contributed by atoms with Crippen molar-refractivity contribution in [2.45, 2.75) is 33.7 Å². The highest BCUT2D eigenvalue weighted by molar-refractivity contribution is 5.81. The fourth-order valence-electron chi connectivity index (χ4n) is 1.41. The summed E-state index contributed by atoms with van der Waals surface area (Å²) in [7, 11) is 0. The molecule has 0 radical (unpaired) electrons. The lowest BCUT2D eigenvalue weighted by molar-refractivity contribution is -0.129. The summed E-state index contributed by atoms with van der Waals surface area (Å²) in [5.74, 6) is -0.000400. The van der Waals surface area contributed by atoms with Crippen LogP contribution in [0.15, 0.2) is 24.3 Å². The Kier molecular flexibility index (Phi) is 4.70. The molecule has 17 heavy (non-hydrogen) atoms. The average molecular weight is 234 g/mol. The Hall–Kier alpha value is -1.35. The predicted octanol–water partition coefficient (Wildman–Crippen LogP) is 1.85. The Morgan fingerprint density at radius 2 is 1.76 bits per heavy atom. The van der Waals surface area contributed by atoms with Crippen LogP contribution < -0.4 is 11.1 Å². The van der Waals surface area contributed by atoms with Gasteiger partial charge in [0, 0.05) is 13.1 Å². The van der Waals surface area contributed by atoms with Gasteiger partial charge in [0.25, 0.3) is 0 Å². The molecule has 0 aliphatic carbocycles. The van der Waals surface area contributed by atoms with Crippen LogP contribution in [0.5, 0.6) is 0 Å². The molecule has 0 fully saturated rings. The van der Waals surface area contributed by atoms with Gasteiger partial charge in [0.15, 0.2) is 0 Å². The Morgan fingerprint density at radius 1 is 1.24 bits per heavy atom. The third kappa shape index (κ3) is 3.86. The number of hydrogen-bond acceptors (Lipinski definition) is 2. The van der Waals surface area contributed by atoms with Crippen molar-refractivity contribution in [1.29, 1.82) is 0 Å². The molecule has 3 nitrogen and oxygen atoms in total. The normalized spacial score (nSPS) is 11.3. The second-order valence-corrected chi connectivity index (χ2v) is 4.94. The molecule has 1 aromatic carbocycles. The van der Waals surface area contributed by atoms with E-state index in [1.54, 1.807) is 0 Å². The van der Waals surface area contributed by atoms with Gasteiger partial charge in [-0.1, -0.05) is 31.2 Å². The quantitative estimate of drug-likeness (QED) is 0.817. The van der Waals surface area contributed by atoms with Crippen molar-refractivity contribution in [2.24, 2.45) is 11.1 Å². The molecule has 3 heteroatoms. The zero-order valence-corrected chi connectivity index (χ0v) is 10.9. The summed E-state index contributed by atoms with van der Waals surface area (Å²) < 4.78 is 0. The number of amides is 1. The molecule has 0 atom stereocenters. The highest BCUT2D eigenvalue weighted by Crippen LogP contribution is 2.13. The molecule has 0 aliphatic rings. The van der Waals surface area contributed by atoms with Crippen molar-refractivity contribution in [3.8, 4) is 0 Å². The van der Waals surface area contributed by atoms with E-state index in [-0.39, 0.29) is 5.91 Å². The van der Waals surface area contributed by atoms with Crippen molar-refractivity contribution in [3.63, 3.8) is 0 Å². The van der Waals surface area contributed by atoms with Crippen LogP contribution >= 0.6 is 0 Å². The SMILES string of the molecule is CCc1ccc(CNC(=O)C(C)(C)CN)cc1. The molecule has 0 heterocycles. The molecule has 0 bridgehead atoms. The molecule has 1 rings (SSSR count). The van der Waals surface area contributed by atoms with Crippen molar-refractivity contribution < 1.29 is 4.79 Å². The molecule has 0 aliphatic heterocycles. The number of rotatable bonds is 5. The summed E-state index contributed by atoms with van der Waals surface area (Å²) in [5.41, 5.74) is 7.48. The first-order chi connectivity index (χ1) is 7.99. The number of nitrogens with two attached hydrogens (primary N) is 1. The third-order valence-electron chi connectivity index (χ3n) is 3.01. The minimum atomic E-state index is -0.497. The second-order valence-electron chi connectivity index (χ2n) is 4.94. The van der Waals surface area contributed by atoms with E-state index in [2.05, 4.69) is 36.5 Å². The van der Waals surface area contributed by atoms with Gasteiger partial charge in [0.1, 0.15) is 0 Å². The lowest BCUT2D eigenvalue weighted by Gasteiger charge is -2.21. The van der Waals surface area contributed by atoms with E-state index in [1.807, 2.05) is 13.8 Å². The second kappa shape index (κ2) is 5.82. The maximum absolute atomic E-state index is 11.8. The molecule has 1 aromatic rings. The van der Waals surface area contributed by atoms with Gasteiger partial charge in [-0.05, 0) is 31.4 Å². The largest absolute Gasteiger partial charge is 0.352 e. The summed E-state index contributed by atoms with van der Waals surface area (Å²) in [4.78, 5) is 11.8. The summed E-state index contributed by atoms with van der Waals surface area (Å²) in [5, 5.41) is 2.91. The first kappa shape index (κ1) is 13.7. The van der Waals surface area contributed by atoms with Crippen LogP contribution in [0.4, 0.5) is 0 Å². The predicted molar refractivity (Wildman–Crippen MR) is 70.5 cm³/mol. The summed E-state index contributed by atoms with van der Waals surface area (Å²) in [6.45, 7) is 6.74. The monoisotopic (exact) mass is 234 g/mol. The van der Waals surface area contributed by atoms with E-state index in [0.29, 0.717) is 13.1 Å². The maximum atomic E-state index is 11.8. The van der Waals surface area contributed by atoms with Crippen LogP contribution in [0.2, 0.25) is 0 Å². The molecule has 94 valence electrons. The third-order valence-corrected chi connectivity index (χ3v) is 3.01. The molecule has 3 N–H and O–H groups in total. The molecule has 0 aromatic heterocycles. The van der Waals surface area contributed by atoms with E-state index in [1.165, 1.54) is 5.56 Å². The minimum Gasteiger partial charge on any atom is -0.352 e. The summed E-state index contributed by atoms with van der Waals surface area (Å²) in [6.07, 6.45) is 1.03. The molecule has 1 amide bonds. The van der Waals surface area contributed by atoms with Crippen LogP contribution in [0, 0.1) is 5.41 Å². The van der Waals surface area contributed by atoms with Crippen LogP contribution in [0.1, 0.15) is 31.9 Å². The first-order valence-corrected chi connectivity index (χ1v) is 6.06. The molecular formula is C14H22N2O. The number of carbonyl (C=O) groups excluding carboxylic acids is 1. The Balaban J connectivity index is 2.53. The highest BCUT2D eigenvalue weighted by Gasteiger charge is 2.25. The number of hydrogen-bond donors (Lipinski definition) is 2. The molecule has 0 unspecified atom stereocenters. The van der Waals surface area contributed by atoms with Gasteiger partial charge in [-0.2, -0.15) is 0 Å². The van der Waals surface area contributed by atoms with Crippen molar-refractivity contribution in [1.82, 2.24) is 5.32 Å². The topological polar surface area (TPSA) is 55.1 Å². The van der Waals surface area contributed by atoms with Gasteiger partial charge in [-0.15, -0.1) is 0 Å². The van der Waals surface area contributed by atoms with Gasteiger partial charge in [-0.3, -0.25) is 4.79 Å². The van der Waals surface area contributed by atoms with Crippen molar-refractivity contribution in [3.05, 3.63) is 35.4 Å². The average Bonchev–Trinajstić information content (AvgIpc) is 2.36. The van der Waals surface area contributed by atoms with E-state index in [4.69, 9.17) is 5.73 Å². The lowest BCUT2D eigenvalue weighted by Crippen LogP contribution is -2.41. The summed E-state index contributed by atoms with van der Waals surface area (Å²) >= 11 is 0. The van der Waals surface area contributed by atoms with Gasteiger partial charge >= 0.3 is 0 Å². The van der Waals surface area contributed by atoms with E-state index >= 15 is 0 Å². The Labute approximate surface area is 103 Å². The summed E-state index contributed by atoms with van der Waals surface area (Å²) in [6, 6.07) is 8.29. The van der Waals surface area contributed by atoms with Gasteiger partial charge < -0.3 is 11.1 Å². The minimum absolute atomic E-state index is 0.000400. The van der Waals surface area contributed by atoms with Crippen molar-refractivity contribution >= 4 is 5.91 Å². The number of benzene rings is 1. The Bertz CT molecular complexity index is 368. The standard InChI is InChI=1S/C14H22N2O/c1-4-11-5-7-12(8-6-11)9-16-13(17)14(2,3)10-15/h5-8H,4,9-10,15H2,1-3H3,(H,16,17). The maximum Gasteiger partial charge on any atom is 0.227 e. The lowest BCUT2D eigenvalue weighted by atomic mass is 9.92. The smallest absolute Gasteiger partial charge is 0.227 e. The van der Waals surface area contributed by atoms with Gasteiger partial charge in [0.05, 0.1) is 5.41 Å². The van der Waals surface area contributed by atoms with Crippen LogP contribution in [0.3, 0.4) is 0 Å². The number of aryl methyl sites for hydroxylation is 1. The zero-order chi connectivity index (χ0) is 12.9. The van der Waals surface area contributed by atoms with Crippen molar-refractivity contribution in [2.75, 3.05) is 6.54 Å². The van der Waals surface area contributed by atoms with Crippen LogP contribution in [0.25, 0.3) is 0 Å². The zero-order valence-electron chi connectivity index (χ0n) is 10.9. The first-order valence-electron chi connectivity index (χ1n) is 6.06. The van der Waals surface area contributed by atoms with E-state index in [0.717, 1.165) is 12.0 Å². The van der Waals surface area contributed by atoms with E-state index < -0.39 is 5.41 Å². The fraction of sp³-hybridized carbons (Fsp3) is 0.500. The van der Waals surface area contributed by atoms with Gasteiger partial charge in [0.2, 0.25) is 5.91 Å². The molecule has 0 saturated carbocycles. The molecule has 0 saturated heterocycles. The number of nitrogens with one attached hydrogen (secondary N) is 1. The highest BCUT2D eigenvalue weighted by atomic mass is 16.2. The Morgan fingerprint density at radius 3 is 2.24 bits per heavy atom. The van der Waals surface area contributed by atoms with Crippen LogP contribution in [-0.2, 0) is 17.8 Å². The van der Waals surface area contributed by atoms with Crippen LogP contribution in [-0.4, -0.2) is 12.5 Å².